The van der Waals surface area contributed by atoms with E-state index in [4.69, 9.17) is 0 Å². The van der Waals surface area contributed by atoms with E-state index in [1.165, 1.54) is 35.2 Å². The van der Waals surface area contributed by atoms with Crippen LogP contribution in [-0.4, -0.2) is 70.8 Å². The Hall–Kier alpha value is -3.42. The predicted octanol–water partition coefficient (Wildman–Crippen LogP) is 3.88. The lowest BCUT2D eigenvalue weighted by atomic mass is 9.96. The van der Waals surface area contributed by atoms with Gasteiger partial charge in [-0.3, -0.25) is 4.90 Å². The quantitative estimate of drug-likeness (QED) is 0.449. The van der Waals surface area contributed by atoms with Crippen LogP contribution in [0.25, 0.3) is 22.2 Å². The predicted molar refractivity (Wildman–Crippen MR) is 140 cm³/mol. The number of aromatic amines is 1. The fraction of sp³-hybridized carbons (Fsp3) is 0.357. The third-order valence-electron chi connectivity index (χ3n) is 7.35. The van der Waals surface area contributed by atoms with Crippen molar-refractivity contribution in [2.75, 3.05) is 55.7 Å². The van der Waals surface area contributed by atoms with E-state index in [1.54, 1.807) is 6.33 Å². The summed E-state index contributed by atoms with van der Waals surface area (Å²) in [7, 11) is 0. The molecule has 4 heterocycles. The molecule has 1 atom stereocenters. The van der Waals surface area contributed by atoms with E-state index in [0.717, 1.165) is 49.6 Å². The number of H-pyrrole nitrogens is 1. The molecule has 2 aliphatic rings. The van der Waals surface area contributed by atoms with E-state index in [2.05, 4.69) is 72.1 Å². The number of piperazine rings is 1. The minimum atomic E-state index is 0.151. The summed E-state index contributed by atoms with van der Waals surface area (Å²) >= 11 is 0. The fourth-order valence-corrected chi connectivity index (χ4v) is 5.61. The van der Waals surface area contributed by atoms with Gasteiger partial charge in [0.1, 0.15) is 17.8 Å². The maximum Gasteiger partial charge on any atom is 0.142 e. The third-order valence-corrected chi connectivity index (χ3v) is 7.35. The summed E-state index contributed by atoms with van der Waals surface area (Å²) in [6.45, 7) is 5.54. The first-order valence-electron chi connectivity index (χ1n) is 12.6. The maximum absolute atomic E-state index is 9.78. The summed E-state index contributed by atoms with van der Waals surface area (Å²) < 4.78 is 0. The molecule has 179 valence electrons. The average Bonchev–Trinajstić information content (AvgIpc) is 3.62. The van der Waals surface area contributed by atoms with Gasteiger partial charge >= 0.3 is 0 Å². The number of nitrogens with zero attached hydrogens (tertiary/aromatic N) is 5. The van der Waals surface area contributed by atoms with Crippen molar-refractivity contribution in [2.45, 2.75) is 18.9 Å². The number of benzene rings is 2. The first kappa shape index (κ1) is 22.1. The molecule has 6 rings (SSSR count). The van der Waals surface area contributed by atoms with Crippen LogP contribution in [0.4, 0.5) is 11.5 Å². The van der Waals surface area contributed by atoms with Crippen molar-refractivity contribution < 1.29 is 5.11 Å². The highest BCUT2D eigenvalue weighted by molar-refractivity contribution is 5.87. The molecular formula is C28H31N6O. The van der Waals surface area contributed by atoms with Gasteiger partial charge in [-0.15, -0.1) is 0 Å². The van der Waals surface area contributed by atoms with E-state index in [1.807, 2.05) is 18.3 Å². The molecular weight excluding hydrogens is 436 g/mol. The maximum atomic E-state index is 9.78. The number of fused-ring (bicyclic) bond motifs is 1. The summed E-state index contributed by atoms with van der Waals surface area (Å²) in [5.74, 6) is 0.968. The van der Waals surface area contributed by atoms with Crippen LogP contribution >= 0.6 is 0 Å². The number of aliphatic hydroxyl groups excluding tert-OH is 1. The van der Waals surface area contributed by atoms with Crippen molar-refractivity contribution >= 4 is 22.5 Å². The van der Waals surface area contributed by atoms with E-state index < -0.39 is 0 Å². The molecule has 0 spiro atoms. The summed E-state index contributed by atoms with van der Waals surface area (Å²) in [5.41, 5.74) is 5.78. The van der Waals surface area contributed by atoms with Crippen molar-refractivity contribution in [3.8, 4) is 11.1 Å². The van der Waals surface area contributed by atoms with Gasteiger partial charge < -0.3 is 19.9 Å². The molecule has 1 radical (unpaired) electrons. The molecule has 2 fully saturated rings. The Bertz CT molecular complexity index is 1300. The Balaban J connectivity index is 1.35. The zero-order valence-electron chi connectivity index (χ0n) is 19.9. The molecule has 2 aliphatic heterocycles. The normalized spacial score (nSPS) is 19.1. The number of nitrogens with one attached hydrogen (secondary N) is 1. The van der Waals surface area contributed by atoms with Crippen molar-refractivity contribution in [2.24, 2.45) is 0 Å². The van der Waals surface area contributed by atoms with Gasteiger partial charge in [0.05, 0.1) is 23.7 Å². The van der Waals surface area contributed by atoms with E-state index in [0.29, 0.717) is 6.54 Å². The van der Waals surface area contributed by atoms with E-state index in [-0.39, 0.29) is 12.6 Å². The molecule has 4 aromatic rings. The largest absolute Gasteiger partial charge is 0.395 e. The van der Waals surface area contributed by atoms with Crippen LogP contribution in [0.2, 0.25) is 0 Å². The number of hydrogen-bond donors (Lipinski definition) is 2. The molecule has 2 N–H and O–H groups in total. The lowest BCUT2D eigenvalue weighted by molar-refractivity contribution is 0.137. The van der Waals surface area contributed by atoms with Crippen LogP contribution in [0.1, 0.15) is 24.4 Å². The minimum Gasteiger partial charge on any atom is -0.395 e. The first-order chi connectivity index (χ1) is 17.3. The molecule has 0 amide bonds. The zero-order chi connectivity index (χ0) is 23.6. The molecule has 7 heteroatoms. The van der Waals surface area contributed by atoms with Crippen LogP contribution in [0.3, 0.4) is 0 Å². The van der Waals surface area contributed by atoms with Crippen LogP contribution in [0.15, 0.2) is 61.1 Å². The summed E-state index contributed by atoms with van der Waals surface area (Å²) in [5, 5.41) is 10.8. The molecule has 1 unspecified atom stereocenters. The van der Waals surface area contributed by atoms with Crippen molar-refractivity contribution in [3.05, 3.63) is 72.7 Å². The Morgan fingerprint density at radius 3 is 2.80 bits per heavy atom. The summed E-state index contributed by atoms with van der Waals surface area (Å²) in [6, 6.07) is 20.9. The molecule has 2 aromatic heterocycles. The Labute approximate surface area is 206 Å². The molecule has 35 heavy (non-hydrogen) atoms. The molecule has 7 nitrogen and oxygen atoms in total. The monoisotopic (exact) mass is 467 g/mol. The van der Waals surface area contributed by atoms with Gasteiger partial charge in [0.25, 0.3) is 0 Å². The molecule has 0 aliphatic carbocycles. The van der Waals surface area contributed by atoms with E-state index in [9.17, 15) is 5.11 Å². The highest BCUT2D eigenvalue weighted by Crippen LogP contribution is 2.36. The number of hydrogen-bond acceptors (Lipinski definition) is 6. The highest BCUT2D eigenvalue weighted by atomic mass is 16.3. The van der Waals surface area contributed by atoms with Gasteiger partial charge in [0.15, 0.2) is 0 Å². The topological polar surface area (TPSA) is 71.5 Å². The molecule has 2 saturated heterocycles. The van der Waals surface area contributed by atoms with Gasteiger partial charge in [0.2, 0.25) is 0 Å². The molecule has 0 bridgehead atoms. The number of aromatic nitrogens is 3. The van der Waals surface area contributed by atoms with Crippen molar-refractivity contribution in [1.29, 1.82) is 0 Å². The number of rotatable bonds is 6. The van der Waals surface area contributed by atoms with Crippen LogP contribution in [0.5, 0.6) is 0 Å². The van der Waals surface area contributed by atoms with Crippen LogP contribution in [-0.2, 0) is 0 Å². The fourth-order valence-electron chi connectivity index (χ4n) is 5.61. The third kappa shape index (κ3) is 4.26. The number of para-hydroxylation sites is 1. The first-order valence-corrected chi connectivity index (χ1v) is 12.6. The Kier molecular flexibility index (Phi) is 6.10. The number of aliphatic hydroxyl groups is 1. The Morgan fingerprint density at radius 2 is 1.91 bits per heavy atom. The second-order valence-electron chi connectivity index (χ2n) is 9.41. The van der Waals surface area contributed by atoms with Gasteiger partial charge in [-0.2, -0.15) is 0 Å². The van der Waals surface area contributed by atoms with Gasteiger partial charge in [-0.1, -0.05) is 36.4 Å². The second kappa shape index (κ2) is 9.68. The van der Waals surface area contributed by atoms with Gasteiger partial charge in [0, 0.05) is 57.1 Å². The smallest absolute Gasteiger partial charge is 0.142 e. The zero-order valence-corrected chi connectivity index (χ0v) is 19.9. The van der Waals surface area contributed by atoms with Crippen LogP contribution in [0, 0.1) is 6.07 Å². The van der Waals surface area contributed by atoms with Crippen molar-refractivity contribution in [1.82, 2.24) is 19.9 Å². The second-order valence-corrected chi connectivity index (χ2v) is 9.41. The standard InChI is InChI=1S/C28H31N6O/c35-17-16-33-14-15-34(28-24-10-11-29-27(24)30-20-31-28)19-26(33)22-7-5-6-21(18-22)23-8-1-2-9-25(23)32-12-3-4-13-32/h1-2,5-8,10-11,18,20,26,35H,3-4,12-17,19H2,(H,29,30,31). The highest BCUT2D eigenvalue weighted by Gasteiger charge is 2.30. The van der Waals surface area contributed by atoms with E-state index >= 15 is 0 Å². The molecule has 0 saturated carbocycles. The summed E-state index contributed by atoms with van der Waals surface area (Å²) in [4.78, 5) is 19.4. The van der Waals surface area contributed by atoms with Crippen LogP contribution < -0.4 is 9.80 Å². The average molecular weight is 468 g/mol. The number of β-amino-alcohol motifs (C(OH)–C–C–N with tert-alkyl or cyclic N) is 1. The SMILES string of the molecule is OCCN1CCN(c2ncnc3[nH]ccc23)CC1c1cccc(-c2ccc[c]c2N2CCCC2)c1. The summed E-state index contributed by atoms with van der Waals surface area (Å²) in [6.07, 6.45) is 6.04. The minimum absolute atomic E-state index is 0.151. The van der Waals surface area contributed by atoms with Gasteiger partial charge in [-0.05, 0) is 36.1 Å². The lowest BCUT2D eigenvalue weighted by Gasteiger charge is -2.42. The lowest BCUT2D eigenvalue weighted by Crippen LogP contribution is -2.49. The van der Waals surface area contributed by atoms with Gasteiger partial charge in [-0.25, -0.2) is 9.97 Å². The molecule has 2 aromatic carbocycles. The number of anilines is 2. The Morgan fingerprint density at radius 1 is 1.00 bits per heavy atom. The van der Waals surface area contributed by atoms with Crippen molar-refractivity contribution in [3.63, 3.8) is 0 Å².